The largest absolute Gasteiger partial charge is 0.496 e. The molecule has 0 fully saturated rings. The van der Waals surface area contributed by atoms with Crippen molar-refractivity contribution in [3.05, 3.63) is 40.9 Å². The molecule has 0 aliphatic rings. The normalized spacial score (nSPS) is 9.50. The fourth-order valence-corrected chi connectivity index (χ4v) is 1.47. The third-order valence-electron chi connectivity index (χ3n) is 1.61. The molecule has 1 nitrogen and oxygen atoms in total. The van der Waals surface area contributed by atoms with E-state index in [4.69, 9.17) is 4.74 Å². The van der Waals surface area contributed by atoms with E-state index in [-0.39, 0.29) is 0 Å². The Kier molecular flexibility index (Phi) is 3.35. The van der Waals surface area contributed by atoms with Gasteiger partial charge in [-0.3, -0.25) is 0 Å². The molecule has 0 N–H and O–H groups in total. The van der Waals surface area contributed by atoms with E-state index < -0.39 is 0 Å². The first-order chi connectivity index (χ1) is 5.77. The van der Waals surface area contributed by atoms with Crippen LogP contribution in [0.3, 0.4) is 0 Å². The van der Waals surface area contributed by atoms with Crippen LogP contribution in [0.5, 0.6) is 5.75 Å². The number of rotatable bonds is 3. The lowest BCUT2D eigenvalue weighted by atomic mass is 10.1. The molecule has 0 atom stereocenters. The summed E-state index contributed by atoms with van der Waals surface area (Å²) in [6, 6.07) is 5.95. The van der Waals surface area contributed by atoms with E-state index in [0.29, 0.717) is 0 Å². The number of hydrogen-bond acceptors (Lipinski definition) is 1. The maximum atomic E-state index is 5.18. The first-order valence-corrected chi connectivity index (χ1v) is 4.50. The molecule has 0 aliphatic heterocycles. The molecule has 0 saturated heterocycles. The van der Waals surface area contributed by atoms with Gasteiger partial charge in [-0.05, 0) is 30.2 Å². The first kappa shape index (κ1) is 9.33. The highest BCUT2D eigenvalue weighted by Gasteiger charge is 2.00. The van der Waals surface area contributed by atoms with Crippen LogP contribution in [-0.2, 0) is 6.42 Å². The van der Waals surface area contributed by atoms with Gasteiger partial charge in [-0.2, -0.15) is 0 Å². The van der Waals surface area contributed by atoms with E-state index in [9.17, 15) is 0 Å². The maximum Gasteiger partial charge on any atom is 0.122 e. The molecule has 1 aromatic rings. The standard InChI is InChI=1S/C10H11BrO/c1-3-4-8-7-9(11)5-6-10(8)12-2/h3,5-7H,1,4H2,2H3. The lowest BCUT2D eigenvalue weighted by Crippen LogP contribution is -1.89. The molecule has 0 bridgehead atoms. The second kappa shape index (κ2) is 4.31. The number of benzene rings is 1. The van der Waals surface area contributed by atoms with Gasteiger partial charge in [0.1, 0.15) is 5.75 Å². The minimum absolute atomic E-state index is 0.836. The summed E-state index contributed by atoms with van der Waals surface area (Å²) >= 11 is 3.41. The van der Waals surface area contributed by atoms with Gasteiger partial charge in [-0.1, -0.05) is 22.0 Å². The van der Waals surface area contributed by atoms with Crippen molar-refractivity contribution in [3.63, 3.8) is 0 Å². The highest BCUT2D eigenvalue weighted by molar-refractivity contribution is 9.10. The Bertz CT molecular complexity index is 281. The van der Waals surface area contributed by atoms with E-state index in [1.54, 1.807) is 7.11 Å². The Hall–Kier alpha value is -0.760. The van der Waals surface area contributed by atoms with Crippen LogP contribution >= 0.6 is 15.9 Å². The van der Waals surface area contributed by atoms with Gasteiger partial charge in [0.15, 0.2) is 0 Å². The first-order valence-electron chi connectivity index (χ1n) is 3.71. The van der Waals surface area contributed by atoms with E-state index >= 15 is 0 Å². The molecule has 0 amide bonds. The molecule has 0 unspecified atom stereocenters. The molecule has 2 heteroatoms. The van der Waals surface area contributed by atoms with Crippen molar-refractivity contribution in [2.24, 2.45) is 0 Å². The van der Waals surface area contributed by atoms with Gasteiger partial charge in [0.2, 0.25) is 0 Å². The van der Waals surface area contributed by atoms with Crippen LogP contribution in [0.15, 0.2) is 35.3 Å². The maximum absolute atomic E-state index is 5.18. The SMILES string of the molecule is C=CCc1cc(Br)ccc1OC. The summed E-state index contributed by atoms with van der Waals surface area (Å²) < 4.78 is 6.25. The molecule has 1 rings (SSSR count). The molecule has 0 saturated carbocycles. The second-order valence-electron chi connectivity index (χ2n) is 2.45. The number of halogens is 1. The Morgan fingerprint density at radius 2 is 2.33 bits per heavy atom. The number of ether oxygens (including phenoxy) is 1. The zero-order valence-electron chi connectivity index (χ0n) is 7.01. The summed E-state index contributed by atoms with van der Waals surface area (Å²) in [5.74, 6) is 0.915. The van der Waals surface area contributed by atoms with E-state index in [1.165, 1.54) is 0 Å². The van der Waals surface area contributed by atoms with Gasteiger partial charge in [0.25, 0.3) is 0 Å². The van der Waals surface area contributed by atoms with Crippen molar-refractivity contribution in [2.45, 2.75) is 6.42 Å². The van der Waals surface area contributed by atoms with Crippen molar-refractivity contribution < 1.29 is 4.74 Å². The van der Waals surface area contributed by atoms with E-state index in [1.807, 2.05) is 24.3 Å². The smallest absolute Gasteiger partial charge is 0.122 e. The molecule has 12 heavy (non-hydrogen) atoms. The van der Waals surface area contributed by atoms with Crippen LogP contribution in [0.4, 0.5) is 0 Å². The average Bonchev–Trinajstić information content (AvgIpc) is 2.05. The van der Waals surface area contributed by atoms with Crippen LogP contribution in [0.2, 0.25) is 0 Å². The number of allylic oxidation sites excluding steroid dienone is 1. The lowest BCUT2D eigenvalue weighted by molar-refractivity contribution is 0.410. The number of methoxy groups -OCH3 is 1. The summed E-state index contributed by atoms with van der Waals surface area (Å²) in [5, 5.41) is 0. The highest BCUT2D eigenvalue weighted by atomic mass is 79.9. The van der Waals surface area contributed by atoms with Crippen LogP contribution in [-0.4, -0.2) is 7.11 Å². The van der Waals surface area contributed by atoms with Gasteiger partial charge in [0, 0.05) is 4.47 Å². The molecule has 0 aromatic heterocycles. The quantitative estimate of drug-likeness (QED) is 0.720. The van der Waals surface area contributed by atoms with Crippen LogP contribution < -0.4 is 4.74 Å². The van der Waals surface area contributed by atoms with Crippen molar-refractivity contribution in [1.82, 2.24) is 0 Å². The predicted octanol–water partition coefficient (Wildman–Crippen LogP) is 3.19. The Morgan fingerprint density at radius 3 is 2.92 bits per heavy atom. The number of hydrogen-bond donors (Lipinski definition) is 0. The fourth-order valence-electron chi connectivity index (χ4n) is 1.06. The molecule has 64 valence electrons. The van der Waals surface area contributed by atoms with Crippen LogP contribution in [0, 0.1) is 0 Å². The molecule has 0 radical (unpaired) electrons. The van der Waals surface area contributed by atoms with E-state index in [0.717, 1.165) is 22.2 Å². The minimum Gasteiger partial charge on any atom is -0.496 e. The Labute approximate surface area is 81.2 Å². The van der Waals surface area contributed by atoms with Gasteiger partial charge in [0.05, 0.1) is 7.11 Å². The van der Waals surface area contributed by atoms with Gasteiger partial charge >= 0.3 is 0 Å². The van der Waals surface area contributed by atoms with Crippen molar-refractivity contribution >= 4 is 15.9 Å². The molecule has 0 spiro atoms. The summed E-state index contributed by atoms with van der Waals surface area (Å²) in [5.41, 5.74) is 1.15. The topological polar surface area (TPSA) is 9.23 Å². The Morgan fingerprint density at radius 1 is 1.58 bits per heavy atom. The zero-order valence-corrected chi connectivity index (χ0v) is 8.60. The fraction of sp³-hybridized carbons (Fsp3) is 0.200. The molecular formula is C10H11BrO. The molecular weight excluding hydrogens is 216 g/mol. The van der Waals surface area contributed by atoms with Gasteiger partial charge in [-0.25, -0.2) is 0 Å². The molecule has 0 heterocycles. The minimum atomic E-state index is 0.836. The van der Waals surface area contributed by atoms with Crippen molar-refractivity contribution in [1.29, 1.82) is 0 Å². The van der Waals surface area contributed by atoms with E-state index in [2.05, 4.69) is 22.5 Å². The van der Waals surface area contributed by atoms with Crippen LogP contribution in [0.25, 0.3) is 0 Å². The van der Waals surface area contributed by atoms with Crippen molar-refractivity contribution in [2.75, 3.05) is 7.11 Å². The average molecular weight is 227 g/mol. The summed E-state index contributed by atoms with van der Waals surface area (Å²) in [6.07, 6.45) is 2.70. The summed E-state index contributed by atoms with van der Waals surface area (Å²) in [4.78, 5) is 0. The summed E-state index contributed by atoms with van der Waals surface area (Å²) in [6.45, 7) is 3.69. The monoisotopic (exact) mass is 226 g/mol. The Balaban J connectivity index is 3.03. The van der Waals surface area contributed by atoms with Crippen molar-refractivity contribution in [3.8, 4) is 5.75 Å². The lowest BCUT2D eigenvalue weighted by Gasteiger charge is -2.06. The van der Waals surface area contributed by atoms with Gasteiger partial charge in [-0.15, -0.1) is 6.58 Å². The summed E-state index contributed by atoms with van der Waals surface area (Å²) in [7, 11) is 1.68. The second-order valence-corrected chi connectivity index (χ2v) is 3.36. The van der Waals surface area contributed by atoms with Gasteiger partial charge < -0.3 is 4.74 Å². The third kappa shape index (κ3) is 2.11. The predicted molar refractivity (Wildman–Crippen MR) is 54.6 cm³/mol. The highest BCUT2D eigenvalue weighted by Crippen LogP contribution is 2.23. The van der Waals surface area contributed by atoms with Crippen LogP contribution in [0.1, 0.15) is 5.56 Å². The molecule has 1 aromatic carbocycles. The molecule has 0 aliphatic carbocycles. The zero-order chi connectivity index (χ0) is 8.97. The third-order valence-corrected chi connectivity index (χ3v) is 2.10.